The maximum Gasteiger partial charge on any atom is 0.262 e. The molecule has 4 aliphatic heterocycles. The lowest BCUT2D eigenvalue weighted by Gasteiger charge is -2.35. The van der Waals surface area contributed by atoms with E-state index in [0.717, 1.165) is 27.5 Å². The number of imide groups is 2. The number of nitrogens with one attached hydrogen (secondary N) is 3. The number of rotatable bonds is 8. The highest BCUT2D eigenvalue weighted by atomic mass is 35.5. The molecule has 0 radical (unpaired) electrons. The Hall–Kier alpha value is -6.02. The van der Waals surface area contributed by atoms with Gasteiger partial charge in [-0.3, -0.25) is 34.7 Å². The number of aliphatic hydroxyl groups is 1. The number of hydrogen-bond acceptors (Lipinski definition) is 13. The van der Waals surface area contributed by atoms with Gasteiger partial charge in [0.15, 0.2) is 0 Å². The van der Waals surface area contributed by atoms with E-state index in [1.165, 1.54) is 12.4 Å². The molecule has 4 aliphatic rings. The molecule has 2 unspecified atom stereocenters. The van der Waals surface area contributed by atoms with E-state index in [4.69, 9.17) is 11.6 Å². The lowest BCUT2D eigenvalue weighted by atomic mass is 10.0. The molecule has 4 N–H and O–H groups in total. The molecule has 0 aliphatic carbocycles. The number of pyridine rings is 1. The summed E-state index contributed by atoms with van der Waals surface area (Å²) in [5.74, 6) is -2.32. The zero-order chi connectivity index (χ0) is 38.4. The average Bonchev–Trinajstić information content (AvgIpc) is 3.43. The van der Waals surface area contributed by atoms with E-state index >= 15 is 4.39 Å². The first-order chi connectivity index (χ1) is 26.6. The molecule has 0 bridgehead atoms. The number of benzene rings is 2. The van der Waals surface area contributed by atoms with Crippen LogP contribution in [-0.4, -0.2) is 80.3 Å². The van der Waals surface area contributed by atoms with E-state index in [9.17, 15) is 29.5 Å². The Labute approximate surface area is 319 Å². The quantitative estimate of drug-likeness (QED) is 0.116. The maximum atomic E-state index is 15.3. The molecule has 2 saturated heterocycles. The van der Waals surface area contributed by atoms with Crippen molar-refractivity contribution in [2.24, 2.45) is 0 Å². The third kappa shape index (κ3) is 6.93. The predicted molar refractivity (Wildman–Crippen MR) is 197 cm³/mol. The number of halogens is 2. The summed E-state index contributed by atoms with van der Waals surface area (Å²) in [4.78, 5) is 68.4. The van der Waals surface area contributed by atoms with Crippen LogP contribution in [0.15, 0.2) is 54.9 Å². The van der Waals surface area contributed by atoms with Crippen molar-refractivity contribution >= 4 is 58.2 Å². The molecule has 2 aromatic carbocycles. The molecule has 8 rings (SSSR count). The Bertz CT molecular complexity index is 2290. The van der Waals surface area contributed by atoms with Crippen LogP contribution in [0.2, 0.25) is 5.02 Å². The van der Waals surface area contributed by atoms with Crippen LogP contribution in [0.3, 0.4) is 0 Å². The van der Waals surface area contributed by atoms with Gasteiger partial charge in [0.25, 0.3) is 11.8 Å². The number of carbonyl (C=O) groups excluding carboxylic acids is 4. The Balaban J connectivity index is 0.865. The second-order valence-corrected chi connectivity index (χ2v) is 14.2. The van der Waals surface area contributed by atoms with Crippen LogP contribution >= 0.6 is 11.6 Å². The van der Waals surface area contributed by atoms with Gasteiger partial charge in [-0.2, -0.15) is 9.65 Å². The van der Waals surface area contributed by atoms with Gasteiger partial charge in [0.2, 0.25) is 17.8 Å². The Kier molecular flexibility index (Phi) is 9.59. The standard InChI is InChI=1S/C38H34ClFN10O5/c39-28-16-23(2-1-20(28)17-41)49-14-11-25-29(18-49)42-19-43-34(25)46-31-7-5-26(33(40)45-31)35(52)44-21-9-12-48(13-10-21)22-3-4-24-27(15-22)38(55)50(37(24)54)30-6-8-32(51)47-36(30)53/h1-5,7,15-16,19,21,30,35,44,52H,6,8-14,18H2,(H,47,51,53)(H,42,43,45,46). The summed E-state index contributed by atoms with van der Waals surface area (Å²) in [6.45, 7) is 2.27. The Morgan fingerprint density at radius 3 is 2.44 bits per heavy atom. The number of hydrogen-bond donors (Lipinski definition) is 4. The summed E-state index contributed by atoms with van der Waals surface area (Å²) in [6, 6.07) is 14.2. The van der Waals surface area contributed by atoms with Crippen molar-refractivity contribution in [1.29, 1.82) is 5.26 Å². The van der Waals surface area contributed by atoms with Crippen molar-refractivity contribution in [3.8, 4) is 6.07 Å². The number of anilines is 4. The Morgan fingerprint density at radius 1 is 0.927 bits per heavy atom. The summed E-state index contributed by atoms with van der Waals surface area (Å²) < 4.78 is 15.3. The number of amides is 4. The van der Waals surface area contributed by atoms with Crippen LogP contribution in [0.25, 0.3) is 0 Å². The van der Waals surface area contributed by atoms with E-state index in [1.54, 1.807) is 36.4 Å². The van der Waals surface area contributed by atoms with E-state index in [0.29, 0.717) is 61.8 Å². The third-order valence-corrected chi connectivity index (χ3v) is 10.9. The van der Waals surface area contributed by atoms with Gasteiger partial charge in [-0.1, -0.05) is 11.6 Å². The van der Waals surface area contributed by atoms with Crippen molar-refractivity contribution in [2.75, 3.05) is 34.8 Å². The Morgan fingerprint density at radius 2 is 1.69 bits per heavy atom. The first-order valence-corrected chi connectivity index (χ1v) is 18.2. The molecule has 4 amide bonds. The van der Waals surface area contributed by atoms with Gasteiger partial charge in [0, 0.05) is 49.0 Å². The van der Waals surface area contributed by atoms with Crippen LogP contribution in [0.5, 0.6) is 0 Å². The van der Waals surface area contributed by atoms with Crippen LogP contribution in [0, 0.1) is 17.3 Å². The fraction of sp³-hybridized carbons (Fsp3) is 0.316. The van der Waals surface area contributed by atoms with Crippen LogP contribution < -0.4 is 25.8 Å². The number of fused-ring (bicyclic) bond motifs is 2. The lowest BCUT2D eigenvalue weighted by molar-refractivity contribution is -0.136. The highest BCUT2D eigenvalue weighted by Gasteiger charge is 2.45. The van der Waals surface area contributed by atoms with Gasteiger partial charge in [-0.25, -0.2) is 15.0 Å². The summed E-state index contributed by atoms with van der Waals surface area (Å²) in [7, 11) is 0. The number of aromatic nitrogens is 3. The minimum Gasteiger partial charge on any atom is -0.374 e. The van der Waals surface area contributed by atoms with Crippen molar-refractivity contribution < 1.29 is 28.7 Å². The summed E-state index contributed by atoms with van der Waals surface area (Å²) in [6.07, 6.45) is 2.06. The van der Waals surface area contributed by atoms with E-state index in [1.807, 2.05) is 6.07 Å². The molecule has 0 saturated carbocycles. The first-order valence-electron chi connectivity index (χ1n) is 17.8. The van der Waals surface area contributed by atoms with Crippen LogP contribution in [-0.2, 0) is 22.6 Å². The molecular formula is C38H34ClFN10O5. The SMILES string of the molecule is N#Cc1ccc(N2CCc3c(ncnc3Nc3ccc(C(O)NC4CCN(c5ccc6c(c5)C(=O)N(C5CCC(=O)NC5=O)C6=O)CC4)c(F)n3)C2)cc1Cl. The van der Waals surface area contributed by atoms with Crippen molar-refractivity contribution in [3.63, 3.8) is 0 Å². The molecule has 4 aromatic rings. The number of nitrogens with zero attached hydrogens (tertiary/aromatic N) is 7. The van der Waals surface area contributed by atoms with Gasteiger partial charge in [0.05, 0.1) is 39.5 Å². The molecule has 2 atom stereocenters. The number of carbonyl (C=O) groups is 4. The van der Waals surface area contributed by atoms with Gasteiger partial charge in [-0.05, 0) is 74.2 Å². The monoisotopic (exact) mass is 764 g/mol. The van der Waals surface area contributed by atoms with Crippen molar-refractivity contribution in [1.82, 2.24) is 30.5 Å². The summed E-state index contributed by atoms with van der Waals surface area (Å²) in [5.41, 5.74) is 4.11. The van der Waals surface area contributed by atoms with Crippen LogP contribution in [0.1, 0.15) is 75.0 Å². The number of aliphatic hydroxyl groups excluding tert-OH is 1. The highest BCUT2D eigenvalue weighted by Crippen LogP contribution is 2.33. The predicted octanol–water partition coefficient (Wildman–Crippen LogP) is 3.49. The topological polar surface area (TPSA) is 197 Å². The molecule has 2 fully saturated rings. The molecule has 55 heavy (non-hydrogen) atoms. The molecule has 0 spiro atoms. The highest BCUT2D eigenvalue weighted by molar-refractivity contribution is 6.32. The van der Waals surface area contributed by atoms with Gasteiger partial charge >= 0.3 is 0 Å². The zero-order valence-electron chi connectivity index (χ0n) is 29.3. The molecule has 15 nitrogen and oxygen atoms in total. The lowest BCUT2D eigenvalue weighted by Crippen LogP contribution is -2.54. The van der Waals surface area contributed by atoms with Gasteiger partial charge < -0.3 is 20.2 Å². The third-order valence-electron chi connectivity index (χ3n) is 10.5. The second-order valence-electron chi connectivity index (χ2n) is 13.8. The first kappa shape index (κ1) is 36.0. The second kappa shape index (κ2) is 14.7. The number of nitriles is 1. The van der Waals surface area contributed by atoms with Gasteiger partial charge in [-0.15, -0.1) is 0 Å². The average molecular weight is 765 g/mol. The normalized spacial score (nSPS) is 19.2. The molecule has 280 valence electrons. The van der Waals surface area contributed by atoms with Crippen molar-refractivity contribution in [3.05, 3.63) is 99.3 Å². The fourth-order valence-corrected chi connectivity index (χ4v) is 7.80. The fourth-order valence-electron chi connectivity index (χ4n) is 7.59. The molecular weight excluding hydrogens is 731 g/mol. The van der Waals surface area contributed by atoms with E-state index in [-0.39, 0.29) is 41.4 Å². The summed E-state index contributed by atoms with van der Waals surface area (Å²) in [5, 5.41) is 29.0. The van der Waals surface area contributed by atoms with Crippen LogP contribution in [0.4, 0.5) is 27.4 Å². The molecule has 6 heterocycles. The summed E-state index contributed by atoms with van der Waals surface area (Å²) >= 11 is 6.26. The van der Waals surface area contributed by atoms with Gasteiger partial charge in [0.1, 0.15) is 36.3 Å². The van der Waals surface area contributed by atoms with Crippen molar-refractivity contribution in [2.45, 2.75) is 57.0 Å². The smallest absolute Gasteiger partial charge is 0.262 e. The minimum atomic E-state index is -1.31. The van der Waals surface area contributed by atoms with E-state index in [2.05, 4.69) is 46.8 Å². The largest absolute Gasteiger partial charge is 0.374 e. The number of piperidine rings is 2. The minimum absolute atomic E-state index is 0.00298. The zero-order valence-corrected chi connectivity index (χ0v) is 30.0. The van der Waals surface area contributed by atoms with E-state index < -0.39 is 41.8 Å². The maximum absolute atomic E-state index is 15.3. The molecule has 17 heteroatoms. The molecule has 2 aromatic heterocycles.